The predicted octanol–water partition coefficient (Wildman–Crippen LogP) is 1.85. The molecular weight excluding hydrogens is 298 g/mol. The second-order valence-electron chi connectivity index (χ2n) is 4.43. The number of nitro benzene ring substituents is 1. The number of hydrogen-bond acceptors (Lipinski definition) is 4. The van der Waals surface area contributed by atoms with Crippen molar-refractivity contribution in [3.05, 3.63) is 38.9 Å². The predicted molar refractivity (Wildman–Crippen MR) is 78.4 cm³/mol. The van der Waals surface area contributed by atoms with Crippen LogP contribution in [0.15, 0.2) is 18.2 Å². The zero-order chi connectivity index (χ0) is 16.0. The first-order valence-corrected chi connectivity index (χ1v) is 6.70. The summed E-state index contributed by atoms with van der Waals surface area (Å²) in [5, 5.41) is 13.2. The number of amides is 2. The SMILES string of the molecule is CCCNC(=O)CN(C)C(=O)c1ccc([N+](=O)[O-])c(Cl)c1. The van der Waals surface area contributed by atoms with Crippen molar-refractivity contribution in [2.24, 2.45) is 0 Å². The number of nitrogens with zero attached hydrogens (tertiary/aromatic N) is 2. The third-order valence-electron chi connectivity index (χ3n) is 2.69. The zero-order valence-electron chi connectivity index (χ0n) is 11.8. The molecule has 0 bridgehead atoms. The van der Waals surface area contributed by atoms with E-state index in [1.54, 1.807) is 0 Å². The molecule has 0 saturated carbocycles. The summed E-state index contributed by atoms with van der Waals surface area (Å²) in [5.41, 5.74) is -0.0760. The molecule has 114 valence electrons. The number of benzene rings is 1. The fourth-order valence-corrected chi connectivity index (χ4v) is 1.87. The van der Waals surface area contributed by atoms with E-state index in [9.17, 15) is 19.7 Å². The smallest absolute Gasteiger partial charge is 0.287 e. The molecule has 0 unspecified atom stereocenters. The first-order valence-electron chi connectivity index (χ1n) is 6.33. The standard InChI is InChI=1S/C13H16ClN3O4/c1-3-6-15-12(18)8-16(2)13(19)9-4-5-11(17(20)21)10(14)7-9/h4-5,7H,3,6,8H2,1-2H3,(H,15,18). The van der Waals surface area contributed by atoms with E-state index in [0.29, 0.717) is 6.54 Å². The number of halogens is 1. The number of nitro groups is 1. The molecule has 0 atom stereocenters. The average Bonchev–Trinajstić information content (AvgIpc) is 2.43. The Morgan fingerprint density at radius 3 is 2.62 bits per heavy atom. The molecule has 0 aliphatic rings. The molecule has 0 spiro atoms. The van der Waals surface area contributed by atoms with Crippen LogP contribution in [0.3, 0.4) is 0 Å². The van der Waals surface area contributed by atoms with Gasteiger partial charge in [0.05, 0.1) is 11.5 Å². The number of rotatable bonds is 6. The molecule has 21 heavy (non-hydrogen) atoms. The molecule has 0 aromatic heterocycles. The molecule has 1 rings (SSSR count). The maximum absolute atomic E-state index is 12.1. The Morgan fingerprint density at radius 2 is 2.10 bits per heavy atom. The number of carbonyl (C=O) groups is 2. The minimum atomic E-state index is -0.626. The molecule has 1 aromatic rings. The van der Waals surface area contributed by atoms with E-state index in [0.717, 1.165) is 6.42 Å². The van der Waals surface area contributed by atoms with Gasteiger partial charge in [0.1, 0.15) is 5.02 Å². The van der Waals surface area contributed by atoms with Gasteiger partial charge in [0, 0.05) is 25.2 Å². The van der Waals surface area contributed by atoms with Crippen molar-refractivity contribution in [2.75, 3.05) is 20.1 Å². The van der Waals surface area contributed by atoms with Gasteiger partial charge in [-0.25, -0.2) is 0 Å². The van der Waals surface area contributed by atoms with Gasteiger partial charge in [0.15, 0.2) is 0 Å². The van der Waals surface area contributed by atoms with Gasteiger partial charge in [0.2, 0.25) is 5.91 Å². The van der Waals surface area contributed by atoms with Crippen LogP contribution >= 0.6 is 11.6 Å². The molecule has 0 saturated heterocycles. The highest BCUT2D eigenvalue weighted by atomic mass is 35.5. The number of carbonyl (C=O) groups excluding carboxylic acids is 2. The van der Waals surface area contributed by atoms with Crippen molar-refractivity contribution in [3.8, 4) is 0 Å². The quantitative estimate of drug-likeness (QED) is 0.640. The van der Waals surface area contributed by atoms with Crippen molar-refractivity contribution in [1.29, 1.82) is 0 Å². The van der Waals surface area contributed by atoms with Gasteiger partial charge in [-0.3, -0.25) is 19.7 Å². The number of likely N-dealkylation sites (N-methyl/N-ethyl adjacent to an activating group) is 1. The van der Waals surface area contributed by atoms with Crippen molar-refractivity contribution in [3.63, 3.8) is 0 Å². The van der Waals surface area contributed by atoms with Crippen LogP contribution in [0.5, 0.6) is 0 Å². The maximum Gasteiger partial charge on any atom is 0.287 e. The third-order valence-corrected chi connectivity index (χ3v) is 2.99. The first-order chi connectivity index (χ1) is 9.86. The summed E-state index contributed by atoms with van der Waals surface area (Å²) in [4.78, 5) is 34.9. The Kier molecular flexibility index (Phi) is 6.10. The summed E-state index contributed by atoms with van der Waals surface area (Å²) in [6.07, 6.45) is 0.807. The molecule has 1 N–H and O–H groups in total. The van der Waals surface area contributed by atoms with E-state index in [1.807, 2.05) is 6.92 Å². The Morgan fingerprint density at radius 1 is 1.43 bits per heavy atom. The van der Waals surface area contributed by atoms with Gasteiger partial charge in [-0.15, -0.1) is 0 Å². The fourth-order valence-electron chi connectivity index (χ4n) is 1.62. The highest BCUT2D eigenvalue weighted by Gasteiger charge is 2.18. The van der Waals surface area contributed by atoms with Gasteiger partial charge in [-0.05, 0) is 18.6 Å². The Balaban J connectivity index is 2.76. The molecule has 0 aliphatic carbocycles. The lowest BCUT2D eigenvalue weighted by atomic mass is 10.2. The number of hydrogen-bond donors (Lipinski definition) is 1. The summed E-state index contributed by atoms with van der Waals surface area (Å²) >= 11 is 5.76. The van der Waals surface area contributed by atoms with Crippen molar-refractivity contribution in [1.82, 2.24) is 10.2 Å². The second kappa shape index (κ2) is 7.58. The summed E-state index contributed by atoms with van der Waals surface area (Å²) in [6, 6.07) is 3.70. The van der Waals surface area contributed by atoms with Gasteiger partial charge in [0.25, 0.3) is 11.6 Å². The topological polar surface area (TPSA) is 92.6 Å². The molecule has 0 radical (unpaired) electrons. The minimum Gasteiger partial charge on any atom is -0.355 e. The van der Waals surface area contributed by atoms with E-state index in [-0.39, 0.29) is 28.7 Å². The van der Waals surface area contributed by atoms with E-state index in [4.69, 9.17) is 11.6 Å². The number of nitrogens with one attached hydrogen (secondary N) is 1. The van der Waals surface area contributed by atoms with E-state index in [2.05, 4.69) is 5.32 Å². The lowest BCUT2D eigenvalue weighted by Crippen LogP contribution is -2.38. The summed E-state index contributed by atoms with van der Waals surface area (Å²) in [6.45, 7) is 2.38. The summed E-state index contributed by atoms with van der Waals surface area (Å²) in [5.74, 6) is -0.695. The normalized spacial score (nSPS) is 10.0. The van der Waals surface area contributed by atoms with Gasteiger partial charge in [-0.1, -0.05) is 18.5 Å². The Labute approximate surface area is 127 Å². The Bertz CT molecular complexity index is 562. The second-order valence-corrected chi connectivity index (χ2v) is 4.84. The van der Waals surface area contributed by atoms with Gasteiger partial charge < -0.3 is 10.2 Å². The van der Waals surface area contributed by atoms with Gasteiger partial charge >= 0.3 is 0 Å². The Hall–Kier alpha value is -2.15. The van der Waals surface area contributed by atoms with Gasteiger partial charge in [-0.2, -0.15) is 0 Å². The van der Waals surface area contributed by atoms with Crippen molar-refractivity contribution < 1.29 is 14.5 Å². The molecule has 0 fully saturated rings. The molecule has 1 aromatic carbocycles. The zero-order valence-corrected chi connectivity index (χ0v) is 12.5. The van der Waals surface area contributed by atoms with Crippen LogP contribution in [0, 0.1) is 10.1 Å². The van der Waals surface area contributed by atoms with Crippen LogP contribution in [-0.4, -0.2) is 41.8 Å². The van der Waals surface area contributed by atoms with Crippen LogP contribution in [0.4, 0.5) is 5.69 Å². The van der Waals surface area contributed by atoms with Crippen molar-refractivity contribution >= 4 is 29.1 Å². The molecular formula is C13H16ClN3O4. The van der Waals surface area contributed by atoms with E-state index < -0.39 is 10.8 Å². The molecule has 8 heteroatoms. The molecule has 7 nitrogen and oxygen atoms in total. The maximum atomic E-state index is 12.1. The highest BCUT2D eigenvalue weighted by Crippen LogP contribution is 2.25. The van der Waals surface area contributed by atoms with Crippen LogP contribution in [0.1, 0.15) is 23.7 Å². The van der Waals surface area contributed by atoms with E-state index in [1.165, 1.54) is 30.1 Å². The largest absolute Gasteiger partial charge is 0.355 e. The summed E-state index contributed by atoms with van der Waals surface area (Å²) < 4.78 is 0. The lowest BCUT2D eigenvalue weighted by molar-refractivity contribution is -0.384. The molecule has 2 amide bonds. The highest BCUT2D eigenvalue weighted by molar-refractivity contribution is 6.33. The monoisotopic (exact) mass is 313 g/mol. The van der Waals surface area contributed by atoms with Crippen molar-refractivity contribution in [2.45, 2.75) is 13.3 Å². The minimum absolute atomic E-state index is 0.0898. The average molecular weight is 314 g/mol. The van der Waals surface area contributed by atoms with Crippen LogP contribution < -0.4 is 5.32 Å². The van der Waals surface area contributed by atoms with E-state index >= 15 is 0 Å². The molecule has 0 aliphatic heterocycles. The first kappa shape index (κ1) is 16.9. The fraction of sp³-hybridized carbons (Fsp3) is 0.385. The molecule has 0 heterocycles. The van der Waals surface area contributed by atoms with Crippen LogP contribution in [0.2, 0.25) is 5.02 Å². The van der Waals surface area contributed by atoms with Crippen LogP contribution in [0.25, 0.3) is 0 Å². The van der Waals surface area contributed by atoms with Crippen LogP contribution in [-0.2, 0) is 4.79 Å². The third kappa shape index (κ3) is 4.71. The summed E-state index contributed by atoms with van der Waals surface area (Å²) in [7, 11) is 1.48. The lowest BCUT2D eigenvalue weighted by Gasteiger charge is -2.16.